The summed E-state index contributed by atoms with van der Waals surface area (Å²) in [5.41, 5.74) is 1.51. The van der Waals surface area contributed by atoms with Gasteiger partial charge in [0.25, 0.3) is 0 Å². The van der Waals surface area contributed by atoms with Crippen molar-refractivity contribution in [2.45, 2.75) is 13.5 Å². The number of hydrogen-bond acceptors (Lipinski definition) is 2. The van der Waals surface area contributed by atoms with E-state index in [4.69, 9.17) is 0 Å². The van der Waals surface area contributed by atoms with Crippen LogP contribution >= 0.6 is 24.0 Å². The van der Waals surface area contributed by atoms with Gasteiger partial charge in [-0.05, 0) is 30.7 Å². The number of guanidine groups is 1. The zero-order chi connectivity index (χ0) is 17.2. The van der Waals surface area contributed by atoms with Crippen LogP contribution in [0.5, 0.6) is 0 Å². The lowest BCUT2D eigenvalue weighted by Gasteiger charge is -2.11. The minimum atomic E-state index is -0.390. The highest BCUT2D eigenvalue weighted by atomic mass is 127. The van der Waals surface area contributed by atoms with Crippen molar-refractivity contribution in [3.05, 3.63) is 66.0 Å². The number of anilines is 1. The van der Waals surface area contributed by atoms with Crippen LogP contribution in [0.25, 0.3) is 0 Å². The summed E-state index contributed by atoms with van der Waals surface area (Å²) in [5, 5.41) is 8.67. The molecule has 3 N–H and O–H groups in total. The van der Waals surface area contributed by atoms with E-state index < -0.39 is 5.82 Å². The lowest BCUT2D eigenvalue weighted by atomic mass is 10.2. The topological polar surface area (TPSA) is 65.5 Å². The summed E-state index contributed by atoms with van der Waals surface area (Å²) in [4.78, 5) is 16.4. The highest BCUT2D eigenvalue weighted by Gasteiger charge is 2.05. The van der Waals surface area contributed by atoms with Gasteiger partial charge in [-0.25, -0.2) is 9.38 Å². The monoisotopic (exact) mass is 456 g/mol. The van der Waals surface area contributed by atoms with Crippen LogP contribution in [0, 0.1) is 5.82 Å². The van der Waals surface area contributed by atoms with Crippen molar-refractivity contribution in [3.8, 4) is 0 Å². The normalized spacial score (nSPS) is 10.6. The molecule has 1 amide bonds. The highest BCUT2D eigenvalue weighted by molar-refractivity contribution is 14.0. The molecule has 0 fully saturated rings. The number of hydrogen-bond donors (Lipinski definition) is 3. The van der Waals surface area contributed by atoms with Crippen LogP contribution in [-0.2, 0) is 11.3 Å². The number of nitrogens with zero attached hydrogens (tertiary/aromatic N) is 1. The number of halogens is 2. The van der Waals surface area contributed by atoms with Crippen LogP contribution < -0.4 is 16.0 Å². The van der Waals surface area contributed by atoms with Gasteiger partial charge in [-0.1, -0.05) is 36.4 Å². The summed E-state index contributed by atoms with van der Waals surface area (Å²) in [5.74, 6) is -0.111. The van der Waals surface area contributed by atoms with E-state index in [1.165, 1.54) is 12.1 Å². The van der Waals surface area contributed by atoms with Crippen molar-refractivity contribution in [2.75, 3.05) is 18.4 Å². The van der Waals surface area contributed by atoms with Gasteiger partial charge in [0.05, 0.1) is 13.1 Å². The summed E-state index contributed by atoms with van der Waals surface area (Å²) in [6.07, 6.45) is 0. The Bertz CT molecular complexity index is 694. The highest BCUT2D eigenvalue weighted by Crippen LogP contribution is 2.08. The second kappa shape index (κ2) is 11.4. The Balaban J connectivity index is 0.00000312. The van der Waals surface area contributed by atoms with E-state index in [0.29, 0.717) is 24.7 Å². The number of carbonyl (C=O) groups is 1. The molecule has 0 spiro atoms. The van der Waals surface area contributed by atoms with Crippen molar-refractivity contribution in [1.29, 1.82) is 0 Å². The van der Waals surface area contributed by atoms with Gasteiger partial charge in [0.1, 0.15) is 5.82 Å². The average Bonchev–Trinajstić information content (AvgIpc) is 2.58. The van der Waals surface area contributed by atoms with E-state index in [9.17, 15) is 9.18 Å². The molecule has 0 unspecified atom stereocenters. The van der Waals surface area contributed by atoms with E-state index >= 15 is 0 Å². The second-order valence-electron chi connectivity index (χ2n) is 5.09. The Morgan fingerprint density at radius 1 is 1.08 bits per heavy atom. The Labute approximate surface area is 164 Å². The molecule has 0 aliphatic rings. The van der Waals surface area contributed by atoms with Gasteiger partial charge in [-0.2, -0.15) is 0 Å². The minimum Gasteiger partial charge on any atom is -0.357 e. The summed E-state index contributed by atoms with van der Waals surface area (Å²) in [6, 6.07) is 15.6. The predicted molar refractivity (Wildman–Crippen MR) is 110 cm³/mol. The van der Waals surface area contributed by atoms with E-state index in [1.54, 1.807) is 12.1 Å². The number of carbonyl (C=O) groups excluding carboxylic acids is 1. The lowest BCUT2D eigenvalue weighted by Crippen LogP contribution is -2.41. The molecule has 0 aromatic heterocycles. The number of amides is 1. The second-order valence-corrected chi connectivity index (χ2v) is 5.09. The lowest BCUT2D eigenvalue weighted by molar-refractivity contribution is -0.115. The van der Waals surface area contributed by atoms with Gasteiger partial charge in [0.15, 0.2) is 5.96 Å². The Hall–Kier alpha value is -2.16. The van der Waals surface area contributed by atoms with E-state index in [1.807, 2.05) is 37.3 Å². The van der Waals surface area contributed by atoms with Crippen LogP contribution in [0.2, 0.25) is 0 Å². The van der Waals surface area contributed by atoms with Crippen LogP contribution in [0.1, 0.15) is 12.5 Å². The molecule has 5 nitrogen and oxygen atoms in total. The standard InChI is InChI=1S/C18H21FN4O.HI/c1-2-20-18(21-12-14-7-4-3-5-8-14)22-13-17(24)23-16-10-6-9-15(19)11-16;/h3-11H,2,12-13H2,1H3,(H,23,24)(H2,20,21,22);1H. The summed E-state index contributed by atoms with van der Waals surface area (Å²) in [6.45, 7) is 3.19. The molecule has 7 heteroatoms. The Morgan fingerprint density at radius 2 is 1.84 bits per heavy atom. The maximum absolute atomic E-state index is 13.1. The predicted octanol–water partition coefficient (Wildman–Crippen LogP) is 3.14. The summed E-state index contributed by atoms with van der Waals surface area (Å²) in [7, 11) is 0. The Kier molecular flexibility index (Phi) is 9.53. The van der Waals surface area contributed by atoms with Gasteiger partial charge in [-0.15, -0.1) is 24.0 Å². The van der Waals surface area contributed by atoms with E-state index in [0.717, 1.165) is 5.56 Å². The van der Waals surface area contributed by atoms with Gasteiger partial charge in [0, 0.05) is 12.2 Å². The third-order valence-electron chi connectivity index (χ3n) is 3.13. The average molecular weight is 456 g/mol. The molecule has 25 heavy (non-hydrogen) atoms. The molecule has 2 aromatic carbocycles. The van der Waals surface area contributed by atoms with Crippen molar-refractivity contribution < 1.29 is 9.18 Å². The molecular weight excluding hydrogens is 434 g/mol. The molecule has 0 aliphatic heterocycles. The molecule has 0 saturated heterocycles. The van der Waals surface area contributed by atoms with Crippen LogP contribution in [0.4, 0.5) is 10.1 Å². The first kappa shape index (κ1) is 20.9. The molecule has 0 heterocycles. The maximum Gasteiger partial charge on any atom is 0.243 e. The quantitative estimate of drug-likeness (QED) is 0.356. The van der Waals surface area contributed by atoms with Gasteiger partial charge in [0.2, 0.25) is 5.91 Å². The van der Waals surface area contributed by atoms with E-state index in [-0.39, 0.29) is 36.4 Å². The van der Waals surface area contributed by atoms with Crippen molar-refractivity contribution in [2.24, 2.45) is 4.99 Å². The van der Waals surface area contributed by atoms with Gasteiger partial charge in [-0.3, -0.25) is 4.79 Å². The molecule has 0 aliphatic carbocycles. The first-order chi connectivity index (χ1) is 11.7. The molecular formula is C18H22FIN4O. The zero-order valence-corrected chi connectivity index (χ0v) is 16.3. The van der Waals surface area contributed by atoms with Crippen LogP contribution in [0.3, 0.4) is 0 Å². The fraction of sp³-hybridized carbons (Fsp3) is 0.222. The van der Waals surface area contributed by atoms with Crippen molar-refractivity contribution in [3.63, 3.8) is 0 Å². The largest absolute Gasteiger partial charge is 0.357 e. The molecule has 0 bridgehead atoms. The third kappa shape index (κ3) is 7.97. The molecule has 0 saturated carbocycles. The van der Waals surface area contributed by atoms with E-state index in [2.05, 4.69) is 20.9 Å². The molecule has 0 atom stereocenters. The molecule has 2 aromatic rings. The molecule has 134 valence electrons. The van der Waals surface area contributed by atoms with Gasteiger partial charge < -0.3 is 16.0 Å². The fourth-order valence-electron chi connectivity index (χ4n) is 2.03. The summed E-state index contributed by atoms with van der Waals surface area (Å²) < 4.78 is 13.1. The van der Waals surface area contributed by atoms with Crippen LogP contribution in [-0.4, -0.2) is 25.0 Å². The van der Waals surface area contributed by atoms with Crippen LogP contribution in [0.15, 0.2) is 59.6 Å². The van der Waals surface area contributed by atoms with Gasteiger partial charge >= 0.3 is 0 Å². The SMILES string of the molecule is CCNC(=NCc1ccccc1)NCC(=O)Nc1cccc(F)c1.I. The van der Waals surface area contributed by atoms with Crippen molar-refractivity contribution in [1.82, 2.24) is 10.6 Å². The Morgan fingerprint density at radius 3 is 2.52 bits per heavy atom. The molecule has 0 radical (unpaired) electrons. The number of aliphatic imine (C=N–C) groups is 1. The third-order valence-corrected chi connectivity index (χ3v) is 3.13. The number of nitrogens with one attached hydrogen (secondary N) is 3. The summed E-state index contributed by atoms with van der Waals surface area (Å²) >= 11 is 0. The van der Waals surface area contributed by atoms with Crippen molar-refractivity contribution >= 4 is 41.5 Å². The number of benzene rings is 2. The zero-order valence-electron chi connectivity index (χ0n) is 14.0. The first-order valence-corrected chi connectivity index (χ1v) is 7.79. The number of rotatable bonds is 6. The molecule has 2 rings (SSSR count). The first-order valence-electron chi connectivity index (χ1n) is 7.79. The fourth-order valence-corrected chi connectivity index (χ4v) is 2.03. The minimum absolute atomic E-state index is 0. The maximum atomic E-state index is 13.1. The smallest absolute Gasteiger partial charge is 0.243 e.